The average Bonchev–Trinajstić information content (AvgIpc) is 2.42. The van der Waals surface area contributed by atoms with E-state index in [1.807, 2.05) is 36.4 Å². The summed E-state index contributed by atoms with van der Waals surface area (Å²) in [7, 11) is 1.55. The molecule has 0 aromatic heterocycles. The second-order valence-corrected chi connectivity index (χ2v) is 5.13. The van der Waals surface area contributed by atoms with E-state index >= 15 is 0 Å². The van der Waals surface area contributed by atoms with E-state index < -0.39 is 0 Å². The van der Waals surface area contributed by atoms with E-state index in [0.717, 1.165) is 15.7 Å². The minimum atomic E-state index is 0.105. The van der Waals surface area contributed by atoms with Crippen LogP contribution in [0.25, 0.3) is 0 Å². The van der Waals surface area contributed by atoms with Gasteiger partial charge in [0.25, 0.3) is 0 Å². The van der Waals surface area contributed by atoms with Crippen molar-refractivity contribution < 1.29 is 9.84 Å². The Morgan fingerprint density at radius 3 is 2.63 bits per heavy atom. The molecule has 0 aliphatic heterocycles. The van der Waals surface area contributed by atoms with E-state index in [1.165, 1.54) is 0 Å². The van der Waals surface area contributed by atoms with Gasteiger partial charge in [0.15, 0.2) is 11.5 Å². The Balaban J connectivity index is 2.20. The van der Waals surface area contributed by atoms with Gasteiger partial charge in [0.2, 0.25) is 0 Å². The fourth-order valence-electron chi connectivity index (χ4n) is 1.86. The van der Waals surface area contributed by atoms with Crippen LogP contribution >= 0.6 is 15.9 Å². The summed E-state index contributed by atoms with van der Waals surface area (Å²) in [6, 6.07) is 13.4. The molecule has 2 N–H and O–H groups in total. The van der Waals surface area contributed by atoms with Gasteiger partial charge >= 0.3 is 0 Å². The number of nitrogens with one attached hydrogen (secondary N) is 1. The highest BCUT2D eigenvalue weighted by atomic mass is 79.9. The molecule has 2 aromatic rings. The molecule has 0 aliphatic rings. The molecule has 4 heteroatoms. The Morgan fingerprint density at radius 1 is 1.21 bits per heavy atom. The third-order valence-electron chi connectivity index (χ3n) is 2.95. The van der Waals surface area contributed by atoms with Crippen LogP contribution in [-0.4, -0.2) is 12.2 Å². The maximum atomic E-state index is 9.60. The summed E-state index contributed by atoms with van der Waals surface area (Å²) >= 11 is 3.51. The van der Waals surface area contributed by atoms with Gasteiger partial charge in [0.1, 0.15) is 0 Å². The molecule has 1 unspecified atom stereocenters. The molecular formula is C15H16BrNO2. The van der Waals surface area contributed by atoms with Crippen LogP contribution in [0.1, 0.15) is 18.5 Å². The van der Waals surface area contributed by atoms with Crippen molar-refractivity contribution in [1.82, 2.24) is 0 Å². The second kappa shape index (κ2) is 5.97. The third kappa shape index (κ3) is 3.20. The van der Waals surface area contributed by atoms with Crippen LogP contribution in [0.4, 0.5) is 5.69 Å². The topological polar surface area (TPSA) is 41.5 Å². The standard InChI is InChI=1S/C15H16BrNO2/c1-10(17-13-6-4-3-5-12(13)16)11-7-8-14(18)15(9-11)19-2/h3-10,17-18H,1-2H3. The summed E-state index contributed by atoms with van der Waals surface area (Å²) in [6.07, 6.45) is 0. The number of aromatic hydroxyl groups is 1. The molecule has 0 radical (unpaired) electrons. The van der Waals surface area contributed by atoms with Crippen LogP contribution < -0.4 is 10.1 Å². The first-order valence-corrected chi connectivity index (χ1v) is 6.79. The molecule has 3 nitrogen and oxygen atoms in total. The van der Waals surface area contributed by atoms with E-state index in [2.05, 4.69) is 28.2 Å². The van der Waals surface area contributed by atoms with Crippen molar-refractivity contribution in [3.05, 3.63) is 52.5 Å². The minimum absolute atomic E-state index is 0.105. The third-order valence-corrected chi connectivity index (χ3v) is 3.64. The number of phenolic OH excluding ortho intramolecular Hbond substituents is 1. The van der Waals surface area contributed by atoms with Gasteiger partial charge in [0.05, 0.1) is 7.11 Å². The molecule has 0 saturated heterocycles. The molecule has 19 heavy (non-hydrogen) atoms. The summed E-state index contributed by atoms with van der Waals surface area (Å²) in [5.41, 5.74) is 2.08. The van der Waals surface area contributed by atoms with Gasteiger partial charge < -0.3 is 15.2 Å². The number of methoxy groups -OCH3 is 1. The van der Waals surface area contributed by atoms with Crippen molar-refractivity contribution in [3.63, 3.8) is 0 Å². The van der Waals surface area contributed by atoms with Gasteiger partial charge in [-0.3, -0.25) is 0 Å². The normalized spacial score (nSPS) is 11.9. The first kappa shape index (κ1) is 13.7. The second-order valence-electron chi connectivity index (χ2n) is 4.28. The number of para-hydroxylation sites is 1. The summed E-state index contributed by atoms with van der Waals surface area (Å²) in [5, 5.41) is 13.0. The van der Waals surface area contributed by atoms with E-state index in [4.69, 9.17) is 4.74 Å². The number of anilines is 1. The lowest BCUT2D eigenvalue weighted by Gasteiger charge is -2.17. The Kier molecular flexibility index (Phi) is 4.32. The number of hydrogen-bond acceptors (Lipinski definition) is 3. The first-order valence-electron chi connectivity index (χ1n) is 6.00. The molecular weight excluding hydrogens is 306 g/mol. The monoisotopic (exact) mass is 321 g/mol. The van der Waals surface area contributed by atoms with Crippen LogP contribution in [0, 0.1) is 0 Å². The molecule has 0 heterocycles. The van der Waals surface area contributed by atoms with Crippen molar-refractivity contribution in [2.24, 2.45) is 0 Å². The zero-order chi connectivity index (χ0) is 13.8. The van der Waals surface area contributed by atoms with Crippen LogP contribution in [0.15, 0.2) is 46.9 Å². The highest BCUT2D eigenvalue weighted by Crippen LogP contribution is 2.31. The molecule has 0 spiro atoms. The fourth-order valence-corrected chi connectivity index (χ4v) is 2.26. The lowest BCUT2D eigenvalue weighted by Crippen LogP contribution is -2.07. The number of benzene rings is 2. The van der Waals surface area contributed by atoms with Crippen LogP contribution in [0.3, 0.4) is 0 Å². The van der Waals surface area contributed by atoms with Gasteiger partial charge in [-0.15, -0.1) is 0 Å². The highest BCUT2D eigenvalue weighted by molar-refractivity contribution is 9.10. The van der Waals surface area contributed by atoms with Gasteiger partial charge in [0, 0.05) is 16.2 Å². The molecule has 0 amide bonds. The molecule has 2 rings (SSSR count). The Labute approximate surface area is 121 Å². The van der Waals surface area contributed by atoms with E-state index in [9.17, 15) is 5.11 Å². The highest BCUT2D eigenvalue weighted by Gasteiger charge is 2.10. The lowest BCUT2D eigenvalue weighted by molar-refractivity contribution is 0.373. The number of hydrogen-bond donors (Lipinski definition) is 2. The van der Waals surface area contributed by atoms with Crippen molar-refractivity contribution in [2.45, 2.75) is 13.0 Å². The molecule has 0 aliphatic carbocycles. The van der Waals surface area contributed by atoms with Crippen molar-refractivity contribution in [1.29, 1.82) is 0 Å². The number of ether oxygens (including phenoxy) is 1. The zero-order valence-electron chi connectivity index (χ0n) is 10.9. The smallest absolute Gasteiger partial charge is 0.160 e. The summed E-state index contributed by atoms with van der Waals surface area (Å²) in [6.45, 7) is 2.06. The summed E-state index contributed by atoms with van der Waals surface area (Å²) < 4.78 is 6.14. The van der Waals surface area contributed by atoms with Gasteiger partial charge in [-0.05, 0) is 52.7 Å². The van der Waals surface area contributed by atoms with Gasteiger partial charge in [-0.2, -0.15) is 0 Å². The van der Waals surface area contributed by atoms with Crippen LogP contribution in [-0.2, 0) is 0 Å². The molecule has 0 fully saturated rings. The maximum Gasteiger partial charge on any atom is 0.160 e. The molecule has 0 saturated carbocycles. The average molecular weight is 322 g/mol. The predicted molar refractivity (Wildman–Crippen MR) is 80.8 cm³/mol. The quantitative estimate of drug-likeness (QED) is 0.880. The van der Waals surface area contributed by atoms with E-state index in [-0.39, 0.29) is 11.8 Å². The van der Waals surface area contributed by atoms with E-state index in [0.29, 0.717) is 5.75 Å². The largest absolute Gasteiger partial charge is 0.504 e. The van der Waals surface area contributed by atoms with Crippen LogP contribution in [0.5, 0.6) is 11.5 Å². The molecule has 2 aromatic carbocycles. The number of rotatable bonds is 4. The lowest BCUT2D eigenvalue weighted by atomic mass is 10.1. The molecule has 1 atom stereocenters. The summed E-state index contributed by atoms with van der Waals surface area (Å²) in [5.74, 6) is 0.637. The van der Waals surface area contributed by atoms with Crippen molar-refractivity contribution in [2.75, 3.05) is 12.4 Å². The SMILES string of the molecule is COc1cc(C(C)Nc2ccccc2Br)ccc1O. The summed E-state index contributed by atoms with van der Waals surface area (Å²) in [4.78, 5) is 0. The van der Waals surface area contributed by atoms with Gasteiger partial charge in [-0.25, -0.2) is 0 Å². The molecule has 0 bridgehead atoms. The Hall–Kier alpha value is -1.68. The zero-order valence-corrected chi connectivity index (χ0v) is 12.4. The predicted octanol–water partition coefficient (Wildman–Crippen LogP) is 4.34. The van der Waals surface area contributed by atoms with Crippen LogP contribution in [0.2, 0.25) is 0 Å². The number of halogens is 1. The fraction of sp³-hybridized carbons (Fsp3) is 0.200. The first-order chi connectivity index (χ1) is 9.11. The Bertz CT molecular complexity index is 572. The van der Waals surface area contributed by atoms with Crippen molar-refractivity contribution >= 4 is 21.6 Å². The number of phenols is 1. The molecule has 100 valence electrons. The minimum Gasteiger partial charge on any atom is -0.504 e. The Morgan fingerprint density at radius 2 is 1.95 bits per heavy atom. The van der Waals surface area contributed by atoms with Gasteiger partial charge in [-0.1, -0.05) is 18.2 Å². The maximum absolute atomic E-state index is 9.60. The van der Waals surface area contributed by atoms with E-state index in [1.54, 1.807) is 13.2 Å². The van der Waals surface area contributed by atoms with Crippen molar-refractivity contribution in [3.8, 4) is 11.5 Å².